The van der Waals surface area contributed by atoms with Crippen LogP contribution in [0.2, 0.25) is 5.02 Å². The summed E-state index contributed by atoms with van der Waals surface area (Å²) in [5, 5.41) is 9.99. The zero-order chi connectivity index (χ0) is 15.5. The molecule has 0 heterocycles. The first-order valence-corrected chi connectivity index (χ1v) is 6.39. The van der Waals surface area contributed by atoms with Crippen molar-refractivity contribution in [3.8, 4) is 5.75 Å². The van der Waals surface area contributed by atoms with Crippen LogP contribution in [0.15, 0.2) is 47.5 Å². The number of aliphatic imine (C=N–C) groups is 1. The molecule has 0 aliphatic heterocycles. The molecule has 0 saturated carbocycles. The van der Waals surface area contributed by atoms with Gasteiger partial charge >= 0.3 is 6.18 Å². The van der Waals surface area contributed by atoms with Gasteiger partial charge in [0.25, 0.3) is 0 Å². The molecule has 0 spiro atoms. The van der Waals surface area contributed by atoms with Crippen LogP contribution in [-0.4, -0.2) is 11.3 Å². The van der Waals surface area contributed by atoms with Crippen molar-refractivity contribution in [3.05, 3.63) is 64.2 Å². The van der Waals surface area contributed by atoms with Crippen molar-refractivity contribution in [2.45, 2.75) is 12.7 Å². The molecule has 0 fully saturated rings. The van der Waals surface area contributed by atoms with E-state index in [9.17, 15) is 18.3 Å². The second-order valence-corrected chi connectivity index (χ2v) is 4.76. The molecule has 0 saturated heterocycles. The van der Waals surface area contributed by atoms with E-state index in [1.165, 1.54) is 42.6 Å². The van der Waals surface area contributed by atoms with Gasteiger partial charge in [-0.25, -0.2) is 0 Å². The molecule has 2 aromatic rings. The van der Waals surface area contributed by atoms with Crippen LogP contribution < -0.4 is 0 Å². The van der Waals surface area contributed by atoms with Crippen LogP contribution in [-0.2, 0) is 12.7 Å². The Morgan fingerprint density at radius 1 is 1.14 bits per heavy atom. The van der Waals surface area contributed by atoms with Gasteiger partial charge in [-0.05, 0) is 29.8 Å². The first-order valence-electron chi connectivity index (χ1n) is 6.01. The summed E-state index contributed by atoms with van der Waals surface area (Å²) in [5.74, 6) is -0.0349. The van der Waals surface area contributed by atoms with Gasteiger partial charge in [-0.2, -0.15) is 13.2 Å². The topological polar surface area (TPSA) is 32.6 Å². The molecule has 21 heavy (non-hydrogen) atoms. The minimum atomic E-state index is -4.41. The van der Waals surface area contributed by atoms with Crippen molar-refractivity contribution in [1.82, 2.24) is 0 Å². The van der Waals surface area contributed by atoms with Gasteiger partial charge in [-0.3, -0.25) is 4.99 Å². The molecule has 0 aliphatic carbocycles. The Hall–Kier alpha value is -2.01. The molecule has 0 amide bonds. The highest BCUT2D eigenvalue weighted by atomic mass is 35.5. The highest BCUT2D eigenvalue weighted by molar-refractivity contribution is 6.30. The fraction of sp³-hybridized carbons (Fsp3) is 0.133. The predicted octanol–water partition coefficient (Wildman–Crippen LogP) is 4.68. The van der Waals surface area contributed by atoms with E-state index in [1.807, 2.05) is 0 Å². The van der Waals surface area contributed by atoms with Gasteiger partial charge in [0.15, 0.2) is 0 Å². The molecule has 0 atom stereocenters. The van der Waals surface area contributed by atoms with Crippen LogP contribution in [0.3, 0.4) is 0 Å². The minimum Gasteiger partial charge on any atom is -0.507 e. The van der Waals surface area contributed by atoms with Crippen LogP contribution in [0.4, 0.5) is 13.2 Å². The Balaban J connectivity index is 2.21. The number of aromatic hydroxyl groups is 1. The van der Waals surface area contributed by atoms with Crippen molar-refractivity contribution >= 4 is 17.8 Å². The fourth-order valence-electron chi connectivity index (χ4n) is 1.81. The first-order chi connectivity index (χ1) is 9.88. The number of hydrogen-bond donors (Lipinski definition) is 1. The maximum Gasteiger partial charge on any atom is 0.416 e. The molecule has 2 aromatic carbocycles. The quantitative estimate of drug-likeness (QED) is 0.820. The maximum absolute atomic E-state index is 12.8. The first kappa shape index (κ1) is 15.4. The average molecular weight is 314 g/mol. The number of phenols is 1. The number of alkyl halides is 3. The van der Waals surface area contributed by atoms with Crippen molar-refractivity contribution < 1.29 is 18.3 Å². The van der Waals surface area contributed by atoms with Gasteiger partial charge in [-0.15, -0.1) is 0 Å². The summed E-state index contributed by atoms with van der Waals surface area (Å²) in [6.45, 7) is -0.137. The standard InChI is InChI=1S/C15H11ClF3NO/c16-12-5-6-14(21)11(7-12)9-20-8-10-3-1-2-4-13(10)15(17,18)19/h1-7,9,21H,8H2. The van der Waals surface area contributed by atoms with E-state index in [0.29, 0.717) is 10.6 Å². The minimum absolute atomic E-state index is 0.0349. The number of nitrogens with zero attached hydrogens (tertiary/aromatic N) is 1. The molecule has 0 aromatic heterocycles. The van der Waals surface area contributed by atoms with Gasteiger partial charge in [-0.1, -0.05) is 29.8 Å². The Kier molecular flexibility index (Phi) is 4.53. The lowest BCUT2D eigenvalue weighted by Gasteiger charge is -2.10. The van der Waals surface area contributed by atoms with E-state index >= 15 is 0 Å². The van der Waals surface area contributed by atoms with Gasteiger partial charge < -0.3 is 5.11 Å². The predicted molar refractivity (Wildman–Crippen MR) is 75.9 cm³/mol. The van der Waals surface area contributed by atoms with Crippen molar-refractivity contribution in [2.75, 3.05) is 0 Å². The van der Waals surface area contributed by atoms with Crippen LogP contribution in [0.5, 0.6) is 5.75 Å². The van der Waals surface area contributed by atoms with Gasteiger partial charge in [0, 0.05) is 16.8 Å². The lowest BCUT2D eigenvalue weighted by Crippen LogP contribution is -2.08. The summed E-state index contributed by atoms with van der Waals surface area (Å²) < 4.78 is 38.4. The zero-order valence-corrected chi connectivity index (χ0v) is 11.5. The number of phenolic OH excluding ortho intramolecular Hbond substituents is 1. The molecular weight excluding hydrogens is 303 g/mol. The van der Waals surface area contributed by atoms with E-state index in [4.69, 9.17) is 11.6 Å². The summed E-state index contributed by atoms with van der Waals surface area (Å²) in [6.07, 6.45) is -3.11. The maximum atomic E-state index is 12.8. The summed E-state index contributed by atoms with van der Waals surface area (Å²) in [4.78, 5) is 3.94. The van der Waals surface area contributed by atoms with Crippen LogP contribution in [0.25, 0.3) is 0 Å². The third-order valence-electron chi connectivity index (χ3n) is 2.80. The van der Waals surface area contributed by atoms with Crippen molar-refractivity contribution in [2.24, 2.45) is 4.99 Å². The van der Waals surface area contributed by atoms with Gasteiger partial charge in [0.1, 0.15) is 5.75 Å². The van der Waals surface area contributed by atoms with E-state index in [1.54, 1.807) is 0 Å². The smallest absolute Gasteiger partial charge is 0.416 e. The number of benzene rings is 2. The number of halogens is 4. The SMILES string of the molecule is Oc1ccc(Cl)cc1C=NCc1ccccc1C(F)(F)F. The lowest BCUT2D eigenvalue weighted by molar-refractivity contribution is -0.138. The number of hydrogen-bond acceptors (Lipinski definition) is 2. The van der Waals surface area contributed by atoms with Gasteiger partial charge in [0.05, 0.1) is 12.1 Å². The zero-order valence-electron chi connectivity index (χ0n) is 10.7. The van der Waals surface area contributed by atoms with Crippen LogP contribution in [0.1, 0.15) is 16.7 Å². The lowest BCUT2D eigenvalue weighted by atomic mass is 10.1. The largest absolute Gasteiger partial charge is 0.507 e. The van der Waals surface area contributed by atoms with E-state index in [-0.39, 0.29) is 17.9 Å². The summed E-state index contributed by atoms with van der Waals surface area (Å²) in [6, 6.07) is 9.63. The molecule has 2 rings (SSSR count). The molecule has 0 aliphatic rings. The molecule has 1 N–H and O–H groups in total. The highest BCUT2D eigenvalue weighted by Gasteiger charge is 2.32. The fourth-order valence-corrected chi connectivity index (χ4v) is 1.99. The third kappa shape index (κ3) is 3.98. The second kappa shape index (κ2) is 6.18. The monoisotopic (exact) mass is 313 g/mol. The average Bonchev–Trinajstić information content (AvgIpc) is 2.42. The Labute approximate surface area is 124 Å². The van der Waals surface area contributed by atoms with Crippen LogP contribution in [0, 0.1) is 0 Å². The van der Waals surface area contributed by atoms with E-state index in [2.05, 4.69) is 4.99 Å². The van der Waals surface area contributed by atoms with Gasteiger partial charge in [0.2, 0.25) is 0 Å². The molecule has 110 valence electrons. The molecule has 2 nitrogen and oxygen atoms in total. The summed E-state index contributed by atoms with van der Waals surface area (Å²) in [7, 11) is 0. The third-order valence-corrected chi connectivity index (χ3v) is 3.04. The Bertz CT molecular complexity index is 668. The second-order valence-electron chi connectivity index (χ2n) is 4.33. The van der Waals surface area contributed by atoms with E-state index in [0.717, 1.165) is 6.07 Å². The molecule has 0 unspecified atom stereocenters. The number of rotatable bonds is 3. The molecule has 6 heteroatoms. The molecule has 0 radical (unpaired) electrons. The van der Waals surface area contributed by atoms with Crippen LogP contribution >= 0.6 is 11.6 Å². The van der Waals surface area contributed by atoms with Crippen molar-refractivity contribution in [3.63, 3.8) is 0 Å². The Morgan fingerprint density at radius 2 is 1.86 bits per heavy atom. The summed E-state index contributed by atoms with van der Waals surface area (Å²) in [5.41, 5.74) is -0.285. The van der Waals surface area contributed by atoms with E-state index < -0.39 is 11.7 Å². The van der Waals surface area contributed by atoms with Crippen molar-refractivity contribution in [1.29, 1.82) is 0 Å². The Morgan fingerprint density at radius 3 is 2.57 bits per heavy atom. The molecular formula is C15H11ClF3NO. The summed E-state index contributed by atoms with van der Waals surface area (Å²) >= 11 is 5.78. The normalized spacial score (nSPS) is 12.0. The molecule has 0 bridgehead atoms. The highest BCUT2D eigenvalue weighted by Crippen LogP contribution is 2.32.